The molecule has 0 aliphatic heterocycles. The minimum absolute atomic E-state index is 0.569. The number of fused-ring (bicyclic) bond motifs is 2. The van der Waals surface area contributed by atoms with Gasteiger partial charge in [-0.3, -0.25) is 0 Å². The lowest BCUT2D eigenvalue weighted by Gasteiger charge is -2.38. The van der Waals surface area contributed by atoms with Crippen molar-refractivity contribution in [1.82, 2.24) is 5.32 Å². The van der Waals surface area contributed by atoms with E-state index in [0.29, 0.717) is 5.41 Å². The summed E-state index contributed by atoms with van der Waals surface area (Å²) in [5.41, 5.74) is 3.55. The fraction of sp³-hybridized carbons (Fsp3) is 0.684. The van der Waals surface area contributed by atoms with E-state index < -0.39 is 0 Å². The van der Waals surface area contributed by atoms with Gasteiger partial charge in [0.15, 0.2) is 0 Å². The maximum Gasteiger partial charge on any atom is 0.00684 e. The van der Waals surface area contributed by atoms with Gasteiger partial charge < -0.3 is 5.32 Å². The number of benzene rings is 1. The first-order chi connectivity index (χ1) is 9.73. The lowest BCUT2D eigenvalue weighted by molar-refractivity contribution is 0.155. The Bertz CT molecular complexity index is 490. The van der Waals surface area contributed by atoms with Gasteiger partial charge in [-0.1, -0.05) is 36.2 Å². The monoisotopic (exact) mass is 269 g/mol. The topological polar surface area (TPSA) is 12.0 Å². The van der Waals surface area contributed by atoms with Gasteiger partial charge >= 0.3 is 0 Å². The van der Waals surface area contributed by atoms with Crippen LogP contribution in [0.4, 0.5) is 0 Å². The van der Waals surface area contributed by atoms with E-state index in [-0.39, 0.29) is 0 Å². The molecule has 3 atom stereocenters. The molecule has 1 N–H and O–H groups in total. The van der Waals surface area contributed by atoms with Gasteiger partial charge in [0.1, 0.15) is 0 Å². The molecule has 0 aromatic heterocycles. The molecule has 1 nitrogen and oxygen atoms in total. The van der Waals surface area contributed by atoms with Crippen LogP contribution >= 0.6 is 0 Å². The van der Waals surface area contributed by atoms with Crippen molar-refractivity contribution in [3.05, 3.63) is 35.4 Å². The predicted octanol–water partition coefficient (Wildman–Crippen LogP) is 4.10. The Hall–Kier alpha value is -0.820. The molecule has 1 aromatic rings. The van der Waals surface area contributed by atoms with Crippen LogP contribution < -0.4 is 5.32 Å². The van der Waals surface area contributed by atoms with Crippen LogP contribution in [-0.2, 0) is 6.42 Å². The number of rotatable bonds is 5. The molecule has 0 amide bonds. The summed E-state index contributed by atoms with van der Waals surface area (Å²) in [5.74, 6) is 2.02. The molecule has 0 saturated heterocycles. The summed E-state index contributed by atoms with van der Waals surface area (Å²) in [6.45, 7) is 3.49. The van der Waals surface area contributed by atoms with Crippen molar-refractivity contribution in [2.75, 3.05) is 6.54 Å². The van der Waals surface area contributed by atoms with Gasteiger partial charge in [-0.2, -0.15) is 0 Å². The average Bonchev–Trinajstić information content (AvgIpc) is 3.06. The summed E-state index contributed by atoms with van der Waals surface area (Å²) in [6.07, 6.45) is 10.1. The number of aryl methyl sites for hydroxylation is 1. The van der Waals surface area contributed by atoms with Gasteiger partial charge in [-0.15, -0.1) is 0 Å². The summed E-state index contributed by atoms with van der Waals surface area (Å²) < 4.78 is 0. The fourth-order valence-electron chi connectivity index (χ4n) is 4.92. The highest BCUT2D eigenvalue weighted by Crippen LogP contribution is 2.57. The fourth-order valence-corrected chi connectivity index (χ4v) is 4.92. The van der Waals surface area contributed by atoms with Crippen LogP contribution in [-0.4, -0.2) is 12.6 Å². The van der Waals surface area contributed by atoms with E-state index in [4.69, 9.17) is 0 Å². The summed E-state index contributed by atoms with van der Waals surface area (Å²) in [6, 6.07) is 10.1. The zero-order valence-corrected chi connectivity index (χ0v) is 12.7. The number of hydrogen-bond donors (Lipinski definition) is 1. The van der Waals surface area contributed by atoms with Gasteiger partial charge in [-0.05, 0) is 68.3 Å². The third-order valence-electron chi connectivity index (χ3n) is 6.06. The maximum atomic E-state index is 3.86. The molecule has 3 fully saturated rings. The summed E-state index contributed by atoms with van der Waals surface area (Å²) in [7, 11) is 0. The van der Waals surface area contributed by atoms with Crippen molar-refractivity contribution in [3.63, 3.8) is 0 Å². The van der Waals surface area contributed by atoms with Gasteiger partial charge in [-0.25, -0.2) is 0 Å². The van der Waals surface area contributed by atoms with Crippen LogP contribution in [0.15, 0.2) is 24.3 Å². The molecule has 3 unspecified atom stereocenters. The van der Waals surface area contributed by atoms with Gasteiger partial charge in [0, 0.05) is 12.6 Å². The molecule has 3 aliphatic carbocycles. The standard InChI is InChI=1S/C19H27N/c1-14-3-2-4-15(9-14)11-19(13-20-18-7-8-18)12-16-5-6-17(19)10-16/h2-4,9,16-18,20H,5-8,10-13H2,1H3. The molecule has 0 heterocycles. The largest absolute Gasteiger partial charge is 0.313 e. The molecule has 20 heavy (non-hydrogen) atoms. The SMILES string of the molecule is Cc1cccc(CC2(CNC3CC3)CC3CCC2C3)c1. The summed E-state index contributed by atoms with van der Waals surface area (Å²) >= 11 is 0. The second kappa shape index (κ2) is 4.87. The molecular formula is C19H27N. The molecule has 108 valence electrons. The Labute approximate surface area is 123 Å². The molecule has 2 bridgehead atoms. The minimum Gasteiger partial charge on any atom is -0.313 e. The summed E-state index contributed by atoms with van der Waals surface area (Å²) in [5, 5.41) is 3.86. The smallest absolute Gasteiger partial charge is 0.00684 e. The Morgan fingerprint density at radius 3 is 2.75 bits per heavy atom. The van der Waals surface area contributed by atoms with Gasteiger partial charge in [0.2, 0.25) is 0 Å². The van der Waals surface area contributed by atoms with E-state index >= 15 is 0 Å². The van der Waals surface area contributed by atoms with Crippen molar-refractivity contribution < 1.29 is 0 Å². The van der Waals surface area contributed by atoms with Gasteiger partial charge in [0.05, 0.1) is 0 Å². The third-order valence-corrected chi connectivity index (χ3v) is 6.06. The van der Waals surface area contributed by atoms with Crippen LogP contribution in [0.2, 0.25) is 0 Å². The van der Waals surface area contributed by atoms with Crippen LogP contribution in [0.5, 0.6) is 0 Å². The average molecular weight is 269 g/mol. The zero-order chi connectivity index (χ0) is 13.6. The van der Waals surface area contributed by atoms with Crippen LogP contribution in [0.3, 0.4) is 0 Å². The molecule has 3 saturated carbocycles. The Kier molecular flexibility index (Phi) is 3.14. The van der Waals surface area contributed by atoms with Crippen LogP contribution in [0.25, 0.3) is 0 Å². The highest BCUT2D eigenvalue weighted by Gasteiger charge is 2.50. The highest BCUT2D eigenvalue weighted by molar-refractivity contribution is 5.24. The van der Waals surface area contributed by atoms with Gasteiger partial charge in [0.25, 0.3) is 0 Å². The lowest BCUT2D eigenvalue weighted by Crippen LogP contribution is -2.41. The molecule has 1 heteroatoms. The molecule has 0 spiro atoms. The van der Waals surface area contributed by atoms with Crippen LogP contribution in [0.1, 0.15) is 49.7 Å². The Morgan fingerprint density at radius 2 is 2.10 bits per heavy atom. The van der Waals surface area contributed by atoms with E-state index in [1.165, 1.54) is 57.1 Å². The number of nitrogens with one attached hydrogen (secondary N) is 1. The van der Waals surface area contributed by atoms with Crippen LogP contribution in [0, 0.1) is 24.2 Å². The van der Waals surface area contributed by atoms with Crippen molar-refractivity contribution >= 4 is 0 Å². The first-order valence-electron chi connectivity index (χ1n) is 8.52. The predicted molar refractivity (Wildman–Crippen MR) is 83.8 cm³/mol. The third kappa shape index (κ3) is 2.41. The first-order valence-corrected chi connectivity index (χ1v) is 8.52. The van der Waals surface area contributed by atoms with E-state index in [1.54, 1.807) is 5.56 Å². The molecule has 1 aromatic carbocycles. The van der Waals surface area contributed by atoms with E-state index in [2.05, 4.69) is 36.5 Å². The lowest BCUT2D eigenvalue weighted by atomic mass is 9.69. The Morgan fingerprint density at radius 1 is 1.20 bits per heavy atom. The second-order valence-electron chi connectivity index (χ2n) is 7.76. The van der Waals surface area contributed by atoms with E-state index in [1.807, 2.05) is 0 Å². The molecule has 0 radical (unpaired) electrons. The maximum absolute atomic E-state index is 3.86. The molecular weight excluding hydrogens is 242 g/mol. The van der Waals surface area contributed by atoms with E-state index in [9.17, 15) is 0 Å². The number of hydrogen-bond acceptors (Lipinski definition) is 1. The van der Waals surface area contributed by atoms with Crippen molar-refractivity contribution in [1.29, 1.82) is 0 Å². The second-order valence-corrected chi connectivity index (χ2v) is 7.76. The molecule has 4 rings (SSSR count). The Balaban J connectivity index is 1.54. The first kappa shape index (κ1) is 12.9. The van der Waals surface area contributed by atoms with E-state index in [0.717, 1.165) is 17.9 Å². The van der Waals surface area contributed by atoms with Crippen molar-refractivity contribution in [2.24, 2.45) is 17.3 Å². The normalized spacial score (nSPS) is 35.6. The summed E-state index contributed by atoms with van der Waals surface area (Å²) in [4.78, 5) is 0. The highest BCUT2D eigenvalue weighted by atomic mass is 15.0. The molecule has 3 aliphatic rings. The van der Waals surface area contributed by atoms with Crippen molar-refractivity contribution in [3.8, 4) is 0 Å². The zero-order valence-electron chi connectivity index (χ0n) is 12.7. The minimum atomic E-state index is 0.569. The van der Waals surface area contributed by atoms with Crippen molar-refractivity contribution in [2.45, 2.75) is 57.9 Å². The quantitative estimate of drug-likeness (QED) is 0.848.